The van der Waals surface area contributed by atoms with Crippen molar-refractivity contribution in [3.05, 3.63) is 24.3 Å². The molecule has 0 saturated carbocycles. The van der Waals surface area contributed by atoms with E-state index in [0.717, 1.165) is 6.92 Å². The summed E-state index contributed by atoms with van der Waals surface area (Å²) in [4.78, 5) is 21.3. The van der Waals surface area contributed by atoms with Gasteiger partial charge in [0.2, 0.25) is 0 Å². The van der Waals surface area contributed by atoms with Crippen molar-refractivity contribution in [2.24, 2.45) is 0 Å². The molecule has 0 aliphatic heterocycles. The van der Waals surface area contributed by atoms with Crippen molar-refractivity contribution in [2.45, 2.75) is 58.9 Å². The van der Waals surface area contributed by atoms with Gasteiger partial charge in [-0.3, -0.25) is 0 Å². The quantitative estimate of drug-likeness (QED) is 0.419. The monoisotopic (exact) mass is 360 g/mol. The van der Waals surface area contributed by atoms with Crippen LogP contribution in [0.5, 0.6) is 0 Å². The van der Waals surface area contributed by atoms with E-state index in [0.29, 0.717) is 5.57 Å². The van der Waals surface area contributed by atoms with Crippen molar-refractivity contribution in [1.29, 1.82) is 0 Å². The highest BCUT2D eigenvalue weighted by Crippen LogP contribution is 2.32. The Morgan fingerprint density at radius 3 is 1.38 bits per heavy atom. The Morgan fingerprint density at radius 1 is 0.833 bits per heavy atom. The molecule has 0 aromatic heterocycles. The second-order valence-corrected chi connectivity index (χ2v) is 5.88. The number of hydrogen-bond acceptors (Lipinski definition) is 4. The fourth-order valence-electron chi connectivity index (χ4n) is 0.857. The second kappa shape index (κ2) is 8.79. The number of rotatable bonds is 4. The number of carbonyl (C=O) groups excluding carboxylic acids is 2. The van der Waals surface area contributed by atoms with Gasteiger partial charge in [-0.25, -0.2) is 9.59 Å². The zero-order valence-electron chi connectivity index (χ0n) is 14.1. The van der Waals surface area contributed by atoms with Gasteiger partial charge in [0.25, 0.3) is 0 Å². The summed E-state index contributed by atoms with van der Waals surface area (Å²) >= 11 is 0. The van der Waals surface area contributed by atoms with E-state index in [-0.39, 0.29) is 5.97 Å². The molecule has 0 fully saturated rings. The molecule has 0 spiro atoms. The summed E-state index contributed by atoms with van der Waals surface area (Å²) in [5.74, 6) is -1.88. The van der Waals surface area contributed by atoms with E-state index in [1.54, 1.807) is 6.92 Å². The summed E-state index contributed by atoms with van der Waals surface area (Å²) in [6.07, 6.45) is -12.1. The van der Waals surface area contributed by atoms with E-state index in [9.17, 15) is 31.5 Å². The highest BCUT2D eigenvalue weighted by Gasteiger charge is 2.46. The first-order chi connectivity index (χ1) is 10.4. The minimum Gasteiger partial charge on any atom is -0.457 e. The van der Waals surface area contributed by atoms with Crippen LogP contribution >= 0.6 is 0 Å². The number of carbonyl (C=O) groups is 2. The van der Waals surface area contributed by atoms with E-state index < -0.39 is 35.8 Å². The lowest BCUT2D eigenvalue weighted by Crippen LogP contribution is -2.31. The number of hydrogen-bond donors (Lipinski definition) is 0. The minimum atomic E-state index is -5.10. The molecule has 0 saturated heterocycles. The van der Waals surface area contributed by atoms with Crippen LogP contribution < -0.4 is 0 Å². The van der Waals surface area contributed by atoms with E-state index in [1.807, 2.05) is 20.8 Å². The van der Waals surface area contributed by atoms with E-state index >= 15 is 0 Å². The largest absolute Gasteiger partial charge is 0.457 e. The molecule has 0 unspecified atom stereocenters. The molecule has 0 atom stereocenters. The average Bonchev–Trinajstić information content (AvgIpc) is 2.22. The zero-order valence-corrected chi connectivity index (χ0v) is 14.1. The molecule has 0 aliphatic carbocycles. The van der Waals surface area contributed by atoms with Crippen LogP contribution in [0.15, 0.2) is 24.3 Å². The molecule has 140 valence electrons. The molecule has 0 rings (SSSR count). The van der Waals surface area contributed by atoms with E-state index in [4.69, 9.17) is 4.74 Å². The van der Waals surface area contributed by atoms with Gasteiger partial charge in [-0.05, 0) is 34.6 Å². The van der Waals surface area contributed by atoms with Crippen molar-refractivity contribution in [3.63, 3.8) is 0 Å². The van der Waals surface area contributed by atoms with Crippen LogP contribution in [0.4, 0.5) is 22.0 Å². The van der Waals surface area contributed by atoms with Crippen LogP contribution in [-0.2, 0) is 19.1 Å². The standard InChI is InChI=1S/C8H14O2.C7H7F5O2/c1-6(2)7(9)10-8(3,4)5;1-4(2)5(13)14-7(11,12)3-6(8,9)10/h1H2,2-5H3;1,3H2,2H3. The van der Waals surface area contributed by atoms with Gasteiger partial charge in [-0.15, -0.1) is 0 Å². The Morgan fingerprint density at radius 2 is 1.17 bits per heavy atom. The van der Waals surface area contributed by atoms with Gasteiger partial charge in [0.15, 0.2) is 0 Å². The van der Waals surface area contributed by atoms with Gasteiger partial charge in [0.1, 0.15) is 12.0 Å². The van der Waals surface area contributed by atoms with Gasteiger partial charge in [0, 0.05) is 11.1 Å². The number of ether oxygens (including phenoxy) is 2. The van der Waals surface area contributed by atoms with Crippen molar-refractivity contribution < 1.29 is 41.0 Å². The summed E-state index contributed by atoms with van der Waals surface area (Å²) in [5.41, 5.74) is -0.363. The first-order valence-corrected chi connectivity index (χ1v) is 6.58. The van der Waals surface area contributed by atoms with Gasteiger partial charge < -0.3 is 9.47 Å². The third-order valence-electron chi connectivity index (χ3n) is 1.74. The van der Waals surface area contributed by atoms with Crippen LogP contribution in [0.1, 0.15) is 41.0 Å². The fraction of sp³-hybridized carbons (Fsp3) is 0.600. The maximum absolute atomic E-state index is 12.3. The Bertz CT molecular complexity index is 487. The van der Waals surface area contributed by atoms with Gasteiger partial charge in [-0.2, -0.15) is 22.0 Å². The van der Waals surface area contributed by atoms with Crippen molar-refractivity contribution in [3.8, 4) is 0 Å². The maximum atomic E-state index is 12.3. The van der Waals surface area contributed by atoms with Crippen LogP contribution in [0.3, 0.4) is 0 Å². The Hall–Kier alpha value is -1.93. The molecular weight excluding hydrogens is 339 g/mol. The number of halogens is 5. The molecule has 4 nitrogen and oxygen atoms in total. The van der Waals surface area contributed by atoms with Crippen molar-refractivity contribution >= 4 is 11.9 Å². The second-order valence-electron chi connectivity index (χ2n) is 5.88. The molecule has 0 N–H and O–H groups in total. The summed E-state index contributed by atoms with van der Waals surface area (Å²) in [6.45, 7) is 14.6. The minimum absolute atomic E-state index is 0.326. The van der Waals surface area contributed by atoms with Gasteiger partial charge >= 0.3 is 24.2 Å². The van der Waals surface area contributed by atoms with Gasteiger partial charge in [0.05, 0.1) is 0 Å². The SMILES string of the molecule is C=C(C)C(=O)OC(C)(C)C.C=C(C)C(=O)OC(F)(F)CC(F)(F)F. The molecule has 0 aromatic rings. The molecule has 0 heterocycles. The Labute approximate surface area is 137 Å². The zero-order chi connectivity index (χ0) is 19.9. The van der Waals surface area contributed by atoms with Crippen LogP contribution in [0.25, 0.3) is 0 Å². The third-order valence-corrected chi connectivity index (χ3v) is 1.74. The van der Waals surface area contributed by atoms with Crippen molar-refractivity contribution in [2.75, 3.05) is 0 Å². The molecular formula is C15H21F5O4. The molecule has 0 aliphatic rings. The molecule has 9 heteroatoms. The highest BCUT2D eigenvalue weighted by atomic mass is 19.4. The van der Waals surface area contributed by atoms with Gasteiger partial charge in [-0.1, -0.05) is 13.2 Å². The highest BCUT2D eigenvalue weighted by molar-refractivity contribution is 5.87. The maximum Gasteiger partial charge on any atom is 0.408 e. The summed E-state index contributed by atoms with van der Waals surface area (Å²) < 4.78 is 67.4. The number of esters is 2. The summed E-state index contributed by atoms with van der Waals surface area (Å²) in [7, 11) is 0. The molecule has 0 aromatic carbocycles. The normalized spacial score (nSPS) is 11.8. The molecule has 0 radical (unpaired) electrons. The van der Waals surface area contributed by atoms with Crippen molar-refractivity contribution in [1.82, 2.24) is 0 Å². The third kappa shape index (κ3) is 15.0. The van der Waals surface area contributed by atoms with Crippen LogP contribution in [-0.4, -0.2) is 29.8 Å². The van der Waals surface area contributed by atoms with Crippen LogP contribution in [0.2, 0.25) is 0 Å². The lowest BCUT2D eigenvalue weighted by Gasteiger charge is -2.19. The predicted octanol–water partition coefficient (Wildman–Crippen LogP) is 4.56. The van der Waals surface area contributed by atoms with Crippen LogP contribution in [0, 0.1) is 0 Å². The first kappa shape index (κ1) is 24.3. The Kier molecular flexibility index (Phi) is 8.91. The lowest BCUT2D eigenvalue weighted by atomic mass is 10.2. The molecule has 0 bridgehead atoms. The first-order valence-electron chi connectivity index (χ1n) is 6.58. The predicted molar refractivity (Wildman–Crippen MR) is 77.2 cm³/mol. The van der Waals surface area contributed by atoms with E-state index in [2.05, 4.69) is 17.9 Å². The fourth-order valence-corrected chi connectivity index (χ4v) is 0.857. The topological polar surface area (TPSA) is 52.6 Å². The number of alkyl halides is 5. The molecule has 24 heavy (non-hydrogen) atoms. The Balaban J connectivity index is 0. The average molecular weight is 360 g/mol. The van der Waals surface area contributed by atoms with E-state index in [1.165, 1.54) is 0 Å². The lowest BCUT2D eigenvalue weighted by molar-refractivity contribution is -0.278. The summed E-state index contributed by atoms with van der Waals surface area (Å²) in [6, 6.07) is 0. The smallest absolute Gasteiger partial charge is 0.408 e. The molecule has 0 amide bonds. The summed E-state index contributed by atoms with van der Waals surface area (Å²) in [5, 5.41) is 0.